The van der Waals surface area contributed by atoms with Crippen LogP contribution in [0.3, 0.4) is 0 Å². The molecule has 0 radical (unpaired) electrons. The maximum atomic E-state index is 13.2. The molecule has 27 heavy (non-hydrogen) atoms. The summed E-state index contributed by atoms with van der Waals surface area (Å²) in [6.45, 7) is 2.07. The standard InChI is InChI=1S/C20H18O7/c1-10(22)26-17-5-3-4-13-14(17)8-16(24)19-15(20(13)25)6-12(9-21)7-18(19)27-11(2)23/h3-7,15,19,21H,8-9H2,1-2H3. The van der Waals surface area contributed by atoms with E-state index in [0.29, 0.717) is 11.1 Å². The summed E-state index contributed by atoms with van der Waals surface area (Å²) >= 11 is 0. The quantitative estimate of drug-likeness (QED) is 0.635. The fourth-order valence-electron chi connectivity index (χ4n) is 3.46. The number of allylic oxidation sites excluding steroid dienone is 2. The Balaban J connectivity index is 2.13. The highest BCUT2D eigenvalue weighted by atomic mass is 16.5. The number of Topliss-reactive ketones (excluding diaryl/α,β-unsaturated/α-hetero) is 2. The molecule has 2 atom stereocenters. The van der Waals surface area contributed by atoms with Crippen molar-refractivity contribution in [3.05, 3.63) is 52.8 Å². The lowest BCUT2D eigenvalue weighted by molar-refractivity contribution is -0.139. The number of hydrogen-bond donors (Lipinski definition) is 1. The van der Waals surface area contributed by atoms with Crippen molar-refractivity contribution in [1.29, 1.82) is 0 Å². The van der Waals surface area contributed by atoms with E-state index in [4.69, 9.17) is 9.47 Å². The van der Waals surface area contributed by atoms with E-state index in [1.54, 1.807) is 12.1 Å². The van der Waals surface area contributed by atoms with Crippen molar-refractivity contribution in [2.75, 3.05) is 6.61 Å². The molecule has 0 fully saturated rings. The third kappa shape index (κ3) is 3.59. The Kier molecular flexibility index (Phi) is 5.05. The molecule has 2 unspecified atom stereocenters. The predicted molar refractivity (Wildman–Crippen MR) is 92.8 cm³/mol. The van der Waals surface area contributed by atoms with Crippen molar-refractivity contribution in [2.45, 2.75) is 20.3 Å². The smallest absolute Gasteiger partial charge is 0.308 e. The molecule has 2 aliphatic carbocycles. The fraction of sp³-hybridized carbons (Fsp3) is 0.300. The molecule has 0 aromatic heterocycles. The first-order valence-electron chi connectivity index (χ1n) is 8.40. The second-order valence-corrected chi connectivity index (χ2v) is 6.43. The van der Waals surface area contributed by atoms with Gasteiger partial charge < -0.3 is 14.6 Å². The number of ether oxygens (including phenoxy) is 2. The number of fused-ring (bicyclic) bond motifs is 2. The van der Waals surface area contributed by atoms with E-state index in [1.807, 2.05) is 0 Å². The molecule has 7 heteroatoms. The SMILES string of the molecule is CC(=O)OC1=CC(CO)=CC2C(=O)c3cccc(OC(C)=O)c3CC(=O)C12. The first kappa shape index (κ1) is 18.7. The zero-order valence-corrected chi connectivity index (χ0v) is 14.9. The summed E-state index contributed by atoms with van der Waals surface area (Å²) in [5.74, 6) is -3.58. The summed E-state index contributed by atoms with van der Waals surface area (Å²) in [5.41, 5.74) is 0.985. The van der Waals surface area contributed by atoms with Crippen LogP contribution in [-0.4, -0.2) is 35.2 Å². The number of esters is 2. The number of ketones is 2. The predicted octanol–water partition coefficient (Wildman–Crippen LogP) is 1.53. The Morgan fingerprint density at radius 3 is 2.48 bits per heavy atom. The van der Waals surface area contributed by atoms with Crippen LogP contribution >= 0.6 is 0 Å². The van der Waals surface area contributed by atoms with Gasteiger partial charge in [0.05, 0.1) is 18.4 Å². The van der Waals surface area contributed by atoms with Gasteiger partial charge in [0.25, 0.3) is 0 Å². The molecule has 0 spiro atoms. The van der Waals surface area contributed by atoms with E-state index in [2.05, 4.69) is 0 Å². The second kappa shape index (κ2) is 7.28. The van der Waals surface area contributed by atoms with Gasteiger partial charge >= 0.3 is 11.9 Å². The van der Waals surface area contributed by atoms with Crippen molar-refractivity contribution in [3.63, 3.8) is 0 Å². The number of benzene rings is 1. The Morgan fingerprint density at radius 2 is 1.85 bits per heavy atom. The molecule has 7 nitrogen and oxygen atoms in total. The third-order valence-corrected chi connectivity index (χ3v) is 4.48. The van der Waals surface area contributed by atoms with E-state index in [0.717, 1.165) is 0 Å². The van der Waals surface area contributed by atoms with Gasteiger partial charge in [0.2, 0.25) is 0 Å². The molecule has 2 aliphatic rings. The Bertz CT molecular complexity index is 907. The van der Waals surface area contributed by atoms with Crippen LogP contribution in [0.4, 0.5) is 0 Å². The minimum Gasteiger partial charge on any atom is -0.430 e. The lowest BCUT2D eigenvalue weighted by Gasteiger charge is -2.26. The van der Waals surface area contributed by atoms with Crippen molar-refractivity contribution >= 4 is 23.5 Å². The molecule has 3 rings (SSSR count). The lowest BCUT2D eigenvalue weighted by atomic mass is 9.79. The molecule has 0 aliphatic heterocycles. The highest BCUT2D eigenvalue weighted by molar-refractivity contribution is 6.08. The van der Waals surface area contributed by atoms with Gasteiger partial charge in [-0.2, -0.15) is 0 Å². The molecule has 0 saturated carbocycles. The summed E-state index contributed by atoms with van der Waals surface area (Å²) in [7, 11) is 0. The Morgan fingerprint density at radius 1 is 1.15 bits per heavy atom. The van der Waals surface area contributed by atoms with E-state index in [9.17, 15) is 24.3 Å². The highest BCUT2D eigenvalue weighted by Crippen LogP contribution is 2.39. The number of carbonyl (C=O) groups excluding carboxylic acids is 4. The average molecular weight is 370 g/mol. The number of aliphatic hydroxyl groups excluding tert-OH is 1. The first-order chi connectivity index (χ1) is 12.8. The minimum atomic E-state index is -0.978. The summed E-state index contributed by atoms with van der Waals surface area (Å²) in [6, 6.07) is 4.66. The van der Waals surface area contributed by atoms with Gasteiger partial charge in [0, 0.05) is 31.4 Å². The number of aliphatic hydroxyl groups is 1. The summed E-state index contributed by atoms with van der Waals surface area (Å²) in [4.78, 5) is 48.9. The van der Waals surface area contributed by atoms with Gasteiger partial charge in [-0.25, -0.2) is 0 Å². The maximum Gasteiger partial charge on any atom is 0.308 e. The molecule has 0 bridgehead atoms. The van der Waals surface area contributed by atoms with Crippen LogP contribution in [0, 0.1) is 11.8 Å². The van der Waals surface area contributed by atoms with Crippen molar-refractivity contribution < 1.29 is 33.8 Å². The summed E-state index contributed by atoms with van der Waals surface area (Å²) in [5, 5.41) is 9.49. The van der Waals surface area contributed by atoms with E-state index in [-0.39, 0.29) is 41.7 Å². The Labute approximate surface area is 155 Å². The van der Waals surface area contributed by atoms with Crippen LogP contribution in [0.2, 0.25) is 0 Å². The summed E-state index contributed by atoms with van der Waals surface area (Å²) in [6.07, 6.45) is 2.79. The highest BCUT2D eigenvalue weighted by Gasteiger charge is 2.43. The van der Waals surface area contributed by atoms with Gasteiger partial charge in [0.15, 0.2) is 5.78 Å². The molecule has 0 saturated heterocycles. The van der Waals surface area contributed by atoms with Crippen LogP contribution < -0.4 is 4.74 Å². The van der Waals surface area contributed by atoms with E-state index >= 15 is 0 Å². The number of carbonyl (C=O) groups is 4. The second-order valence-electron chi connectivity index (χ2n) is 6.43. The van der Waals surface area contributed by atoms with Crippen LogP contribution in [0.5, 0.6) is 5.75 Å². The van der Waals surface area contributed by atoms with Gasteiger partial charge in [-0.05, 0) is 17.7 Å². The van der Waals surface area contributed by atoms with E-state index in [1.165, 1.54) is 32.1 Å². The van der Waals surface area contributed by atoms with Crippen LogP contribution in [0.1, 0.15) is 29.8 Å². The molecular weight excluding hydrogens is 352 g/mol. The zero-order valence-electron chi connectivity index (χ0n) is 14.9. The maximum absolute atomic E-state index is 13.2. The zero-order chi connectivity index (χ0) is 19.7. The van der Waals surface area contributed by atoms with Crippen LogP contribution in [0.25, 0.3) is 0 Å². The molecule has 140 valence electrons. The third-order valence-electron chi connectivity index (χ3n) is 4.48. The summed E-state index contributed by atoms with van der Waals surface area (Å²) < 4.78 is 10.3. The van der Waals surface area contributed by atoms with E-state index < -0.39 is 23.8 Å². The molecule has 0 amide bonds. The normalized spacial score (nSPS) is 21.3. The molecular formula is C20H18O7. The largest absolute Gasteiger partial charge is 0.430 e. The van der Waals surface area contributed by atoms with Crippen LogP contribution in [0.15, 0.2) is 41.7 Å². The van der Waals surface area contributed by atoms with Gasteiger partial charge in [0.1, 0.15) is 17.3 Å². The van der Waals surface area contributed by atoms with Crippen molar-refractivity contribution in [3.8, 4) is 5.75 Å². The minimum absolute atomic E-state index is 0.0410. The van der Waals surface area contributed by atoms with Gasteiger partial charge in [-0.1, -0.05) is 18.2 Å². The number of hydrogen-bond acceptors (Lipinski definition) is 7. The van der Waals surface area contributed by atoms with Crippen molar-refractivity contribution in [1.82, 2.24) is 0 Å². The van der Waals surface area contributed by atoms with Gasteiger partial charge in [-0.15, -0.1) is 0 Å². The molecule has 0 heterocycles. The molecule has 1 aromatic carbocycles. The van der Waals surface area contributed by atoms with Crippen molar-refractivity contribution in [2.24, 2.45) is 11.8 Å². The fourth-order valence-corrected chi connectivity index (χ4v) is 3.46. The Hall–Kier alpha value is -3.06. The topological polar surface area (TPSA) is 107 Å². The van der Waals surface area contributed by atoms with Gasteiger partial charge in [-0.3, -0.25) is 19.2 Å². The monoisotopic (exact) mass is 370 g/mol. The molecule has 1 aromatic rings. The average Bonchev–Trinajstić information content (AvgIpc) is 2.70. The number of rotatable bonds is 3. The lowest BCUT2D eigenvalue weighted by Crippen LogP contribution is -2.32. The first-order valence-corrected chi connectivity index (χ1v) is 8.40. The molecule has 1 N–H and O–H groups in total. The van der Waals surface area contributed by atoms with Crippen LogP contribution in [-0.2, 0) is 25.5 Å².